The van der Waals surface area contributed by atoms with Crippen LogP contribution in [0.2, 0.25) is 0 Å². The van der Waals surface area contributed by atoms with Crippen LogP contribution in [0.3, 0.4) is 0 Å². The number of carbonyl (C=O) groups excluding carboxylic acids is 1. The van der Waals surface area contributed by atoms with E-state index in [-0.39, 0.29) is 138 Å². The van der Waals surface area contributed by atoms with Crippen LogP contribution in [-0.4, -0.2) is 59.0 Å². The molecule has 0 aliphatic heterocycles. The van der Waals surface area contributed by atoms with Crippen LogP contribution in [0, 0.1) is 21.0 Å². The van der Waals surface area contributed by atoms with Gasteiger partial charge in [0, 0.05) is 68.4 Å². The molecule has 13 aromatic rings. The third-order valence-electron chi connectivity index (χ3n) is 13.5. The minimum atomic E-state index is -1.52. The first-order valence-corrected chi connectivity index (χ1v) is 38.0. The first-order valence-electron chi connectivity index (χ1n) is 29.5. The molecule has 0 amide bonds. The van der Waals surface area contributed by atoms with Crippen molar-refractivity contribution < 1.29 is 162 Å². The van der Waals surface area contributed by atoms with E-state index in [1.54, 1.807) is 31.3 Å². The average Bonchev–Trinajstić information content (AvgIpc) is 1.75. The van der Waals surface area contributed by atoms with Gasteiger partial charge in [-0.05, 0) is 180 Å². The van der Waals surface area contributed by atoms with E-state index in [4.69, 9.17) is 51.9 Å². The van der Waals surface area contributed by atoms with Gasteiger partial charge in [0.25, 0.3) is 6.47 Å². The van der Waals surface area contributed by atoms with E-state index >= 15 is 0 Å². The number of halogens is 13. The van der Waals surface area contributed by atoms with Gasteiger partial charge in [-0.1, -0.05) is 197 Å². The number of nitrogens with zero attached hydrogens (tertiary/aromatic N) is 1. The SMILES string of the molecule is BrB(Br)Br.Brc1ccc2c(c1)oc1ccc3ccccc3c12.CCOc1ccc2ccccc2c1-c1ccc(Br)cc1F.CCOc1ccc2ccccc2c1-c1ccc(Br)cc1F.CCOc1ccc2ccccc2c1B(O)O.CN=P.ClCCl.Fc1cc(Br)ccc1I.O=CO[O-].[H-].[HH].[K+].[K+]. The second-order valence-electron chi connectivity index (χ2n) is 19.7. The first kappa shape index (κ1) is 93.4. The second kappa shape index (κ2) is 50.8. The van der Waals surface area contributed by atoms with Gasteiger partial charge in [0.05, 0.1) is 25.2 Å². The fraction of sp³-hybridized carbons (Fsp3) is 0.110. The van der Waals surface area contributed by atoms with Crippen molar-refractivity contribution in [1.29, 1.82) is 0 Å². The molecule has 12 aromatic carbocycles. The normalized spacial score (nSPS) is 9.86. The molecule has 0 spiro atoms. The zero-order valence-electron chi connectivity index (χ0n) is 56.0. The van der Waals surface area contributed by atoms with Crippen molar-refractivity contribution in [3.05, 3.63) is 257 Å². The zero-order valence-corrected chi connectivity index (χ0v) is 77.0. The molecule has 518 valence electrons. The quantitative estimate of drug-likeness (QED) is 0.0200. The van der Waals surface area contributed by atoms with Crippen molar-refractivity contribution in [2.75, 3.05) is 32.2 Å². The summed E-state index contributed by atoms with van der Waals surface area (Å²) in [5.41, 5.74) is 5.02. The zero-order chi connectivity index (χ0) is 72.6. The first-order chi connectivity index (χ1) is 47.6. The summed E-state index contributed by atoms with van der Waals surface area (Å²) in [7, 11) is 2.95. The minimum Gasteiger partial charge on any atom is -1.00 e. The fourth-order valence-corrected chi connectivity index (χ4v) is 11.5. The van der Waals surface area contributed by atoms with Crippen molar-refractivity contribution in [2.24, 2.45) is 4.74 Å². The summed E-state index contributed by atoms with van der Waals surface area (Å²) < 4.78 is 71.5. The number of hydrogen-bond donors (Lipinski definition) is 2. The summed E-state index contributed by atoms with van der Waals surface area (Å²) >= 11 is 34.0. The summed E-state index contributed by atoms with van der Waals surface area (Å²) in [4.78, 5) is 11.2. The molecule has 0 atom stereocenters. The van der Waals surface area contributed by atoms with Crippen molar-refractivity contribution >= 4 is 253 Å². The van der Waals surface area contributed by atoms with Crippen molar-refractivity contribution in [1.82, 2.24) is 0 Å². The largest absolute Gasteiger partial charge is 1.00 e. The van der Waals surface area contributed by atoms with E-state index < -0.39 is 7.12 Å². The molecule has 0 saturated heterocycles. The summed E-state index contributed by atoms with van der Waals surface area (Å²) in [5.74, 6) is 1.24. The smallest absolute Gasteiger partial charge is 1.00 e. The standard InChI is InChI=1S/2C18H14BrFO.C16H9BrO.C12H13BO3.C6H3BrFI.CH2Cl2.CH4NP.CH2O3.BBr3.2K.H2.H/c2*1-2-21-17-10-7-12-5-3-4-6-14(12)18(17)15-9-8-13(19)11-16(15)20;17-11-6-7-13-15(9-11)18-14-8-5-10-3-1-2-4-12(10)16(13)14;1-2-16-11-8-7-9-5-3-4-6-10(9)12(11)13(14)15;7-4-1-2-6(9)5(8)3-4;2-1-3;1-2-3;2-1-4-3;2-1(3)4;;;;/h2*3-11H,2H2,1H3;1-9H;3-8,14-15H,2H2,1H3;1-3H;1H2;3H,1H3;1,3H;;;;1H;/q;;;;;;;;;2*+1;;-1/p-1. The van der Waals surface area contributed by atoms with Crippen molar-refractivity contribution in [3.8, 4) is 39.5 Å². The molecule has 0 saturated carbocycles. The van der Waals surface area contributed by atoms with Gasteiger partial charge in [0.15, 0.2) is 0 Å². The van der Waals surface area contributed by atoms with E-state index in [0.717, 1.165) is 72.5 Å². The van der Waals surface area contributed by atoms with Crippen molar-refractivity contribution in [2.45, 2.75) is 20.8 Å². The Kier molecular flexibility index (Phi) is 46.9. The number of fused-ring (bicyclic) bond motifs is 8. The second-order valence-corrected chi connectivity index (χ2v) is 32.2. The molecule has 1 aromatic heterocycles. The van der Waals surface area contributed by atoms with Gasteiger partial charge in [0.2, 0.25) is 0 Å². The summed E-state index contributed by atoms with van der Waals surface area (Å²) in [6.45, 7) is 7.13. The molecular weight excluding hydrogens is 1980 g/mol. The van der Waals surface area contributed by atoms with Gasteiger partial charge in [-0.3, -0.25) is 9.54 Å². The Morgan fingerprint density at radius 1 is 0.535 bits per heavy atom. The molecule has 0 aliphatic carbocycles. The molecule has 101 heavy (non-hydrogen) atoms. The summed E-state index contributed by atoms with van der Waals surface area (Å²) in [6, 6.07) is 68.9. The van der Waals surface area contributed by atoms with Crippen LogP contribution in [0.5, 0.6) is 17.2 Å². The maximum Gasteiger partial charge on any atom is 1.00 e. The third-order valence-corrected chi connectivity index (χ3v) is 16.4. The monoisotopic (exact) mass is 2030 g/mol. The molecular formula is C73H63B2Br7Cl2F3IK2NO9P. The van der Waals surface area contributed by atoms with E-state index in [1.807, 2.05) is 177 Å². The van der Waals surface area contributed by atoms with Gasteiger partial charge in [0.1, 0.15) is 45.9 Å². The minimum absolute atomic E-state index is 0. The van der Waals surface area contributed by atoms with Gasteiger partial charge in [-0.15, -0.1) is 70.5 Å². The van der Waals surface area contributed by atoms with Crippen LogP contribution in [-0.2, 0) is 9.68 Å². The maximum absolute atomic E-state index is 14.4. The molecule has 2 N–H and O–H groups in total. The van der Waals surface area contributed by atoms with E-state index in [2.05, 4.69) is 172 Å². The Morgan fingerprint density at radius 3 is 1.27 bits per heavy atom. The Labute approximate surface area is 758 Å². The number of hydrogen-bond acceptors (Lipinski definition) is 10. The van der Waals surface area contributed by atoms with Crippen molar-refractivity contribution in [3.63, 3.8) is 0 Å². The molecule has 10 nitrogen and oxygen atoms in total. The molecule has 0 aliphatic rings. The number of rotatable bonds is 10. The van der Waals surface area contributed by atoms with Gasteiger partial charge in [-0.25, -0.2) is 13.2 Å². The van der Waals surface area contributed by atoms with Crippen LogP contribution in [0.25, 0.3) is 87.3 Å². The molecule has 0 unspecified atom stereocenters. The van der Waals surface area contributed by atoms with Crippen LogP contribution >= 0.6 is 166 Å². The van der Waals surface area contributed by atoms with E-state index in [0.29, 0.717) is 57.2 Å². The van der Waals surface area contributed by atoms with Gasteiger partial charge in [-0.2, -0.15) is 0 Å². The summed E-state index contributed by atoms with van der Waals surface area (Å²) in [5, 5.41) is 38.2. The Bertz CT molecular complexity index is 4640. The van der Waals surface area contributed by atoms with Crippen LogP contribution < -0.4 is 128 Å². The number of furan rings is 1. The molecule has 1 heterocycles. The molecule has 0 fully saturated rings. The number of ether oxygens (including phenoxy) is 3. The van der Waals surface area contributed by atoms with Crippen LogP contribution in [0.4, 0.5) is 13.2 Å². The fourth-order valence-electron chi connectivity index (χ4n) is 9.81. The van der Waals surface area contributed by atoms with Gasteiger partial charge >= 0.3 is 113 Å². The number of benzene rings is 12. The number of alkyl halides is 2. The topological polar surface area (TPSA) is 143 Å². The summed E-state index contributed by atoms with van der Waals surface area (Å²) in [6.07, 6.45) is 0. The van der Waals surface area contributed by atoms with Gasteiger partial charge < -0.3 is 40.2 Å². The third kappa shape index (κ3) is 29.3. The Hall–Kier alpha value is -1.81. The van der Waals surface area contributed by atoms with Crippen LogP contribution in [0.15, 0.2) is 245 Å². The molecule has 0 bridgehead atoms. The Morgan fingerprint density at radius 2 is 0.871 bits per heavy atom. The Balaban J connectivity index is 0.000000618. The predicted octanol–water partition coefficient (Wildman–Crippen LogP) is 18.5. The molecule has 0 radical (unpaired) electrons. The maximum atomic E-state index is 14.4. The van der Waals surface area contributed by atoms with E-state index in [9.17, 15) is 23.2 Å². The number of carbonyl (C=O) groups is 1. The average molecular weight is 2040 g/mol. The predicted molar refractivity (Wildman–Crippen MR) is 443 cm³/mol. The van der Waals surface area contributed by atoms with E-state index in [1.165, 1.54) is 39.7 Å². The molecule has 28 heteroatoms. The van der Waals surface area contributed by atoms with Crippen LogP contribution in [0.1, 0.15) is 23.6 Å². The molecule has 13 rings (SSSR count).